The van der Waals surface area contributed by atoms with E-state index in [2.05, 4.69) is 11.4 Å². The van der Waals surface area contributed by atoms with Gasteiger partial charge in [0.1, 0.15) is 5.75 Å². The molecule has 1 aliphatic rings. The van der Waals surface area contributed by atoms with Gasteiger partial charge in [-0.05, 0) is 87.4 Å². The lowest BCUT2D eigenvalue weighted by atomic mass is 10.0. The Kier molecular flexibility index (Phi) is 6.80. The van der Waals surface area contributed by atoms with Crippen molar-refractivity contribution in [1.29, 1.82) is 0 Å². The van der Waals surface area contributed by atoms with E-state index in [1.165, 1.54) is 5.56 Å². The number of carbonyl (C=O) groups excluding carboxylic acids is 2. The Labute approximate surface area is 179 Å². The molecule has 0 bridgehead atoms. The number of amides is 2. The van der Waals surface area contributed by atoms with Gasteiger partial charge < -0.3 is 15.0 Å². The second kappa shape index (κ2) is 9.33. The molecule has 2 aromatic carbocycles. The first kappa shape index (κ1) is 21.9. The van der Waals surface area contributed by atoms with Crippen LogP contribution in [-0.2, 0) is 4.79 Å². The first-order valence-corrected chi connectivity index (χ1v) is 10.6. The van der Waals surface area contributed by atoms with Crippen LogP contribution >= 0.6 is 0 Å². The van der Waals surface area contributed by atoms with Gasteiger partial charge in [-0.3, -0.25) is 9.59 Å². The maximum atomic E-state index is 12.6. The molecular weight excluding hydrogens is 376 g/mol. The number of likely N-dealkylation sites (tertiary alicyclic amines) is 1. The molecule has 1 heterocycles. The van der Waals surface area contributed by atoms with Crippen LogP contribution in [0.1, 0.15) is 51.0 Å². The minimum atomic E-state index is -0.0448. The third-order valence-electron chi connectivity index (χ3n) is 6.17. The Bertz CT molecular complexity index is 944. The van der Waals surface area contributed by atoms with Crippen molar-refractivity contribution in [3.63, 3.8) is 0 Å². The zero-order chi connectivity index (χ0) is 21.8. The smallest absolute Gasteiger partial charge is 0.260 e. The maximum Gasteiger partial charge on any atom is 0.260 e. The van der Waals surface area contributed by atoms with Crippen LogP contribution in [0, 0.1) is 34.6 Å². The number of aryl methyl sites for hydroxylation is 4. The molecule has 0 saturated carbocycles. The molecule has 3 rings (SSSR count). The fraction of sp³-hybridized carbons (Fsp3) is 0.440. The number of rotatable bonds is 5. The average Bonchev–Trinajstić information content (AvgIpc) is 2.73. The van der Waals surface area contributed by atoms with Gasteiger partial charge in [0.2, 0.25) is 0 Å². The Morgan fingerprint density at radius 1 is 0.933 bits per heavy atom. The highest BCUT2D eigenvalue weighted by Crippen LogP contribution is 2.25. The summed E-state index contributed by atoms with van der Waals surface area (Å²) in [7, 11) is 0. The van der Waals surface area contributed by atoms with Crippen LogP contribution in [0.25, 0.3) is 0 Å². The highest BCUT2D eigenvalue weighted by Gasteiger charge is 2.24. The van der Waals surface area contributed by atoms with E-state index >= 15 is 0 Å². The number of nitrogens with zero attached hydrogens (tertiary/aromatic N) is 1. The van der Waals surface area contributed by atoms with Gasteiger partial charge in [-0.2, -0.15) is 0 Å². The van der Waals surface area contributed by atoms with E-state index in [4.69, 9.17) is 4.74 Å². The largest absolute Gasteiger partial charge is 0.483 e. The molecule has 5 nitrogen and oxygen atoms in total. The summed E-state index contributed by atoms with van der Waals surface area (Å²) in [5, 5.41) is 3.11. The Hall–Kier alpha value is -2.82. The van der Waals surface area contributed by atoms with E-state index in [-0.39, 0.29) is 24.5 Å². The molecule has 0 spiro atoms. The Morgan fingerprint density at radius 2 is 1.57 bits per heavy atom. The molecule has 160 valence electrons. The maximum absolute atomic E-state index is 12.6. The number of piperidine rings is 1. The van der Waals surface area contributed by atoms with Gasteiger partial charge in [0.05, 0.1) is 0 Å². The van der Waals surface area contributed by atoms with Crippen LogP contribution in [0.15, 0.2) is 30.3 Å². The van der Waals surface area contributed by atoms with E-state index in [0.717, 1.165) is 40.8 Å². The van der Waals surface area contributed by atoms with Gasteiger partial charge in [-0.25, -0.2) is 0 Å². The molecule has 1 saturated heterocycles. The predicted molar refractivity (Wildman–Crippen MR) is 119 cm³/mol. The summed E-state index contributed by atoms with van der Waals surface area (Å²) < 4.78 is 5.87. The molecule has 0 aromatic heterocycles. The standard InChI is InChI=1S/C25H32N2O3/c1-16-8-9-21(14-19(16)4)25(29)26-22-10-12-27(13-11-22)23(28)15-30-24-18(3)7-6-17(2)20(24)5/h6-9,14,22H,10-13,15H2,1-5H3,(H,26,29). The lowest BCUT2D eigenvalue weighted by molar-refractivity contribution is -0.134. The topological polar surface area (TPSA) is 58.6 Å². The summed E-state index contributed by atoms with van der Waals surface area (Å²) >= 11 is 0. The van der Waals surface area contributed by atoms with E-state index in [9.17, 15) is 9.59 Å². The third-order valence-corrected chi connectivity index (χ3v) is 6.17. The summed E-state index contributed by atoms with van der Waals surface area (Å²) in [5.74, 6) is 0.754. The molecule has 1 N–H and O–H groups in total. The van der Waals surface area contributed by atoms with Gasteiger partial charge in [0.15, 0.2) is 6.61 Å². The molecule has 1 fully saturated rings. The molecular formula is C25H32N2O3. The van der Waals surface area contributed by atoms with Gasteiger partial charge >= 0.3 is 0 Å². The second-order valence-electron chi connectivity index (χ2n) is 8.37. The zero-order valence-corrected chi connectivity index (χ0v) is 18.7. The van der Waals surface area contributed by atoms with Crippen molar-refractivity contribution < 1.29 is 14.3 Å². The quantitative estimate of drug-likeness (QED) is 0.813. The van der Waals surface area contributed by atoms with Crippen LogP contribution in [0.4, 0.5) is 0 Å². The van der Waals surface area contributed by atoms with E-state index in [1.54, 1.807) is 0 Å². The van der Waals surface area contributed by atoms with Gasteiger partial charge in [-0.1, -0.05) is 18.2 Å². The third kappa shape index (κ3) is 5.02. The average molecular weight is 409 g/mol. The lowest BCUT2D eigenvalue weighted by Gasteiger charge is -2.32. The lowest BCUT2D eigenvalue weighted by Crippen LogP contribution is -2.47. The summed E-state index contributed by atoms with van der Waals surface area (Å²) in [4.78, 5) is 27.0. The normalized spacial score (nSPS) is 14.5. The van der Waals surface area contributed by atoms with Gasteiger partial charge in [-0.15, -0.1) is 0 Å². The number of benzene rings is 2. The molecule has 0 radical (unpaired) electrons. The molecule has 0 unspecified atom stereocenters. The molecule has 5 heteroatoms. The molecule has 1 aliphatic heterocycles. The van der Waals surface area contributed by atoms with E-state index in [0.29, 0.717) is 18.7 Å². The Balaban J connectivity index is 1.49. The number of nitrogens with one attached hydrogen (secondary N) is 1. The minimum Gasteiger partial charge on any atom is -0.483 e. The minimum absolute atomic E-state index is 0.00533. The van der Waals surface area contributed by atoms with Gasteiger partial charge in [0, 0.05) is 24.7 Å². The fourth-order valence-electron chi connectivity index (χ4n) is 3.80. The molecule has 2 aromatic rings. The first-order chi connectivity index (χ1) is 14.3. The van der Waals surface area contributed by atoms with Crippen molar-refractivity contribution in [3.05, 3.63) is 63.7 Å². The van der Waals surface area contributed by atoms with Crippen molar-refractivity contribution in [3.8, 4) is 5.75 Å². The monoisotopic (exact) mass is 408 g/mol. The molecule has 0 atom stereocenters. The molecule has 0 aliphatic carbocycles. The van der Waals surface area contributed by atoms with Crippen molar-refractivity contribution >= 4 is 11.8 Å². The SMILES string of the molecule is Cc1ccc(C(=O)NC2CCN(C(=O)COc3c(C)ccc(C)c3C)CC2)cc1C. The van der Waals surface area contributed by atoms with E-state index < -0.39 is 0 Å². The second-order valence-corrected chi connectivity index (χ2v) is 8.37. The van der Waals surface area contributed by atoms with Crippen LogP contribution < -0.4 is 10.1 Å². The first-order valence-electron chi connectivity index (χ1n) is 10.6. The van der Waals surface area contributed by atoms with Crippen molar-refractivity contribution in [2.24, 2.45) is 0 Å². The van der Waals surface area contributed by atoms with Crippen molar-refractivity contribution in [2.75, 3.05) is 19.7 Å². The van der Waals surface area contributed by atoms with Crippen LogP contribution in [0.5, 0.6) is 5.75 Å². The van der Waals surface area contributed by atoms with Crippen LogP contribution in [-0.4, -0.2) is 42.5 Å². The highest BCUT2D eigenvalue weighted by atomic mass is 16.5. The number of hydrogen-bond acceptors (Lipinski definition) is 3. The number of hydrogen-bond donors (Lipinski definition) is 1. The van der Waals surface area contributed by atoms with Crippen LogP contribution in [0.3, 0.4) is 0 Å². The van der Waals surface area contributed by atoms with Gasteiger partial charge in [0.25, 0.3) is 11.8 Å². The summed E-state index contributed by atoms with van der Waals surface area (Å²) in [6, 6.07) is 9.94. The van der Waals surface area contributed by atoms with Crippen molar-refractivity contribution in [2.45, 2.75) is 53.5 Å². The summed E-state index contributed by atoms with van der Waals surface area (Å²) in [5.41, 5.74) is 6.25. The predicted octanol–water partition coefficient (Wildman–Crippen LogP) is 4.03. The number of carbonyl (C=O) groups is 2. The number of ether oxygens (including phenoxy) is 1. The van der Waals surface area contributed by atoms with E-state index in [1.807, 2.05) is 63.8 Å². The Morgan fingerprint density at radius 3 is 2.23 bits per heavy atom. The molecule has 30 heavy (non-hydrogen) atoms. The zero-order valence-electron chi connectivity index (χ0n) is 18.7. The summed E-state index contributed by atoms with van der Waals surface area (Å²) in [6.07, 6.45) is 1.51. The van der Waals surface area contributed by atoms with Crippen LogP contribution in [0.2, 0.25) is 0 Å². The fourth-order valence-corrected chi connectivity index (χ4v) is 3.80. The summed E-state index contributed by atoms with van der Waals surface area (Å²) in [6.45, 7) is 11.4. The molecule has 2 amide bonds. The van der Waals surface area contributed by atoms with Crippen molar-refractivity contribution in [1.82, 2.24) is 10.2 Å². The highest BCUT2D eigenvalue weighted by molar-refractivity contribution is 5.94.